The molecule has 1 aliphatic heterocycles. The van der Waals surface area contributed by atoms with Crippen LogP contribution in [0.5, 0.6) is 0 Å². The van der Waals surface area contributed by atoms with Gasteiger partial charge in [-0.15, -0.1) is 0 Å². The number of anilines is 1. The first-order valence-electron chi connectivity index (χ1n) is 11.2. The minimum Gasteiger partial charge on any atom is -0.384 e. The number of amides is 1. The van der Waals surface area contributed by atoms with Gasteiger partial charge in [-0.2, -0.15) is 14.8 Å². The van der Waals surface area contributed by atoms with Gasteiger partial charge in [0.15, 0.2) is 0 Å². The summed E-state index contributed by atoms with van der Waals surface area (Å²) in [5.41, 5.74) is 7.22. The summed E-state index contributed by atoms with van der Waals surface area (Å²) < 4.78 is 15.3. The van der Waals surface area contributed by atoms with Crippen molar-refractivity contribution in [2.24, 2.45) is 5.73 Å². The van der Waals surface area contributed by atoms with Gasteiger partial charge in [-0.25, -0.2) is 9.50 Å². The number of nitrogens with one attached hydrogen (secondary N) is 3. The van der Waals surface area contributed by atoms with E-state index >= 15 is 0 Å². The second-order valence-corrected chi connectivity index (χ2v) is 8.51. The van der Waals surface area contributed by atoms with Crippen LogP contribution in [0.25, 0.3) is 5.52 Å². The van der Waals surface area contributed by atoms with Gasteiger partial charge in [0.25, 0.3) is 5.91 Å². The van der Waals surface area contributed by atoms with Gasteiger partial charge in [-0.1, -0.05) is 6.07 Å². The third kappa shape index (κ3) is 5.62. The predicted octanol–water partition coefficient (Wildman–Crippen LogP) is 2.16. The highest BCUT2D eigenvalue weighted by Gasteiger charge is 2.34. The van der Waals surface area contributed by atoms with Gasteiger partial charge in [-0.3, -0.25) is 15.1 Å². The maximum absolute atomic E-state index is 13.4. The summed E-state index contributed by atoms with van der Waals surface area (Å²) in [4.78, 5) is 17.8. The van der Waals surface area contributed by atoms with Crippen LogP contribution in [0.4, 0.5) is 10.1 Å². The molecular weight excluding hydrogens is 449 g/mol. The summed E-state index contributed by atoms with van der Waals surface area (Å²) >= 11 is 0. The fraction of sp³-hybridized carbons (Fsp3) is 0.292. The summed E-state index contributed by atoms with van der Waals surface area (Å²) in [6, 6.07) is 12.8. The van der Waals surface area contributed by atoms with Crippen molar-refractivity contribution in [2.75, 3.05) is 18.4 Å². The largest absolute Gasteiger partial charge is 0.384 e. The van der Waals surface area contributed by atoms with Crippen molar-refractivity contribution >= 4 is 22.9 Å². The second-order valence-electron chi connectivity index (χ2n) is 8.51. The fourth-order valence-corrected chi connectivity index (χ4v) is 4.20. The van der Waals surface area contributed by atoms with E-state index in [1.54, 1.807) is 6.20 Å². The lowest BCUT2D eigenvalue weighted by atomic mass is 9.84. The van der Waals surface area contributed by atoms with Crippen molar-refractivity contribution in [3.05, 3.63) is 72.2 Å². The van der Waals surface area contributed by atoms with Crippen molar-refractivity contribution in [2.45, 2.75) is 31.3 Å². The zero-order valence-electron chi connectivity index (χ0n) is 19.0. The Balaban J connectivity index is 1.43. The van der Waals surface area contributed by atoms with Crippen LogP contribution in [0.2, 0.25) is 0 Å². The number of nitriles is 1. The second kappa shape index (κ2) is 10.3. The van der Waals surface area contributed by atoms with Crippen molar-refractivity contribution in [1.82, 2.24) is 24.8 Å². The number of halogens is 1. The Morgan fingerprint density at radius 2 is 2.09 bits per heavy atom. The monoisotopic (exact) mass is 475 g/mol. The number of hydrogen-bond donors (Lipinski definition) is 4. The lowest BCUT2D eigenvalue weighted by molar-refractivity contribution is -0.114. The van der Waals surface area contributed by atoms with Gasteiger partial charge in [0.2, 0.25) is 5.95 Å². The zero-order chi connectivity index (χ0) is 24.8. The maximum atomic E-state index is 13.4. The molecule has 0 saturated carbocycles. The molecule has 35 heavy (non-hydrogen) atoms. The number of rotatable bonds is 8. The number of pyridine rings is 2. The SMILES string of the molecule is N#CCC1(N/C=C(\C(=N)Nc2ccnc(F)c2)C(N)=O)CCN(Cc2cccc3ccnn23)CC1. The van der Waals surface area contributed by atoms with Crippen LogP contribution < -0.4 is 16.4 Å². The lowest BCUT2D eigenvalue weighted by Crippen LogP contribution is -2.51. The standard InChI is InChI=1S/C24H26FN9O/c25-21-14-17(4-10-29-21)32-22(27)20(23(28)35)15-30-24(6-9-26)7-12-33(13-8-24)16-19-3-1-2-18-5-11-31-34(18)19/h1-5,10-11,14-15,30H,6-8,12-13,16H2,(H2,28,35)(H2,27,29,32)/b20-15+. The van der Waals surface area contributed by atoms with Gasteiger partial charge >= 0.3 is 0 Å². The molecule has 4 heterocycles. The number of carbonyl (C=O) groups excluding carboxylic acids is 1. The minimum atomic E-state index is -0.818. The Kier molecular flexibility index (Phi) is 7.03. The molecule has 5 N–H and O–H groups in total. The highest BCUT2D eigenvalue weighted by Crippen LogP contribution is 2.27. The lowest BCUT2D eigenvalue weighted by Gasteiger charge is -2.41. The average Bonchev–Trinajstić information content (AvgIpc) is 3.31. The number of likely N-dealkylation sites (tertiary alicyclic amines) is 1. The maximum Gasteiger partial charge on any atom is 0.253 e. The Morgan fingerprint density at radius 1 is 1.29 bits per heavy atom. The molecule has 0 radical (unpaired) electrons. The molecule has 1 amide bonds. The van der Waals surface area contributed by atoms with Crippen LogP contribution in [0.1, 0.15) is 25.0 Å². The zero-order valence-corrected chi connectivity index (χ0v) is 19.0. The number of amidine groups is 1. The first kappa shape index (κ1) is 23.8. The summed E-state index contributed by atoms with van der Waals surface area (Å²) in [6.07, 6.45) is 5.96. The average molecular weight is 476 g/mol. The number of nitrogens with two attached hydrogens (primary N) is 1. The van der Waals surface area contributed by atoms with Gasteiger partial charge in [0.05, 0.1) is 34.8 Å². The third-order valence-corrected chi connectivity index (χ3v) is 6.17. The normalized spacial score (nSPS) is 15.9. The van der Waals surface area contributed by atoms with Crippen LogP contribution in [0.3, 0.4) is 0 Å². The molecule has 0 atom stereocenters. The van der Waals surface area contributed by atoms with Crippen LogP contribution in [0, 0.1) is 22.7 Å². The smallest absolute Gasteiger partial charge is 0.253 e. The van der Waals surface area contributed by atoms with E-state index < -0.39 is 17.4 Å². The Hall–Kier alpha value is -4.30. The highest BCUT2D eigenvalue weighted by atomic mass is 19.1. The van der Waals surface area contributed by atoms with E-state index in [4.69, 9.17) is 11.1 Å². The number of hydrogen-bond acceptors (Lipinski definition) is 7. The molecule has 4 rings (SSSR count). The molecule has 0 bridgehead atoms. The Bertz CT molecular complexity index is 1300. The minimum absolute atomic E-state index is 0.104. The van der Waals surface area contributed by atoms with E-state index in [0.717, 1.165) is 36.9 Å². The molecule has 0 aliphatic carbocycles. The van der Waals surface area contributed by atoms with E-state index in [-0.39, 0.29) is 23.5 Å². The van der Waals surface area contributed by atoms with Gasteiger partial charge in [-0.05, 0) is 37.1 Å². The summed E-state index contributed by atoms with van der Waals surface area (Å²) in [6.45, 7) is 2.19. The Morgan fingerprint density at radius 3 is 2.80 bits per heavy atom. The molecule has 11 heteroatoms. The van der Waals surface area contributed by atoms with E-state index in [1.165, 1.54) is 18.5 Å². The van der Waals surface area contributed by atoms with Gasteiger partial charge in [0, 0.05) is 50.0 Å². The molecule has 3 aromatic heterocycles. The number of aromatic nitrogens is 3. The van der Waals surface area contributed by atoms with Crippen molar-refractivity contribution in [3.63, 3.8) is 0 Å². The van der Waals surface area contributed by atoms with Gasteiger partial charge in [0.1, 0.15) is 5.84 Å². The van der Waals surface area contributed by atoms with Crippen LogP contribution in [-0.2, 0) is 11.3 Å². The van der Waals surface area contributed by atoms with Crippen LogP contribution >= 0.6 is 0 Å². The summed E-state index contributed by atoms with van der Waals surface area (Å²) in [5.74, 6) is -1.82. The topological polar surface area (TPSA) is 148 Å². The van der Waals surface area contributed by atoms with E-state index in [9.17, 15) is 14.4 Å². The molecule has 180 valence electrons. The molecule has 1 aliphatic rings. The van der Waals surface area contributed by atoms with Gasteiger partial charge < -0.3 is 16.4 Å². The van der Waals surface area contributed by atoms with E-state index in [1.807, 2.05) is 28.8 Å². The van der Waals surface area contributed by atoms with E-state index in [0.29, 0.717) is 12.8 Å². The molecular formula is C24H26FN9O. The number of primary amides is 1. The fourth-order valence-electron chi connectivity index (χ4n) is 4.20. The van der Waals surface area contributed by atoms with E-state index in [2.05, 4.69) is 31.7 Å². The molecule has 10 nitrogen and oxygen atoms in total. The summed E-state index contributed by atoms with van der Waals surface area (Å²) in [5, 5.41) is 27.9. The molecule has 3 aromatic rings. The highest BCUT2D eigenvalue weighted by molar-refractivity contribution is 6.23. The quantitative estimate of drug-likeness (QED) is 0.169. The van der Waals surface area contributed by atoms with Crippen LogP contribution in [-0.4, -0.2) is 49.9 Å². The predicted molar refractivity (Wildman–Crippen MR) is 129 cm³/mol. The molecule has 1 saturated heterocycles. The molecule has 0 aromatic carbocycles. The number of fused-ring (bicyclic) bond motifs is 1. The summed E-state index contributed by atoms with van der Waals surface area (Å²) in [7, 11) is 0. The first-order valence-corrected chi connectivity index (χ1v) is 11.2. The number of carbonyl (C=O) groups is 1. The Labute approximate surface area is 201 Å². The first-order chi connectivity index (χ1) is 16.9. The van der Waals surface area contributed by atoms with Crippen molar-refractivity contribution < 1.29 is 9.18 Å². The van der Waals surface area contributed by atoms with Crippen LogP contribution in [0.15, 0.2) is 60.6 Å². The number of nitrogens with zero attached hydrogens (tertiary/aromatic N) is 5. The molecule has 1 fully saturated rings. The molecule has 0 spiro atoms. The molecule has 0 unspecified atom stereocenters. The third-order valence-electron chi connectivity index (χ3n) is 6.17. The number of piperidine rings is 1. The van der Waals surface area contributed by atoms with Crippen molar-refractivity contribution in [3.8, 4) is 6.07 Å². The van der Waals surface area contributed by atoms with Crippen molar-refractivity contribution in [1.29, 1.82) is 10.7 Å².